The summed E-state index contributed by atoms with van der Waals surface area (Å²) in [5, 5.41) is 0. The molecule has 0 amide bonds. The molecule has 43 heavy (non-hydrogen) atoms. The van der Waals surface area contributed by atoms with Crippen molar-refractivity contribution in [2.45, 2.75) is 90.8 Å². The van der Waals surface area contributed by atoms with Crippen LogP contribution in [0.4, 0.5) is 0 Å². The summed E-state index contributed by atoms with van der Waals surface area (Å²) in [6, 6.07) is 17.1. The van der Waals surface area contributed by atoms with Gasteiger partial charge in [-0.05, 0) is 75.6 Å². The molecule has 0 radical (unpaired) electrons. The summed E-state index contributed by atoms with van der Waals surface area (Å²) in [6.07, 6.45) is 3.78. The number of nitrogens with one attached hydrogen (secondary N) is 4. The fourth-order valence-corrected chi connectivity index (χ4v) is 6.35. The van der Waals surface area contributed by atoms with E-state index in [1.807, 2.05) is 33.2 Å². The Labute approximate surface area is 265 Å². The van der Waals surface area contributed by atoms with E-state index < -0.39 is 11.4 Å². The van der Waals surface area contributed by atoms with E-state index in [4.69, 9.17) is 4.98 Å². The molecule has 4 N–H and O–H groups in total. The van der Waals surface area contributed by atoms with E-state index in [1.165, 1.54) is 0 Å². The maximum atomic E-state index is 12.8. The van der Waals surface area contributed by atoms with E-state index >= 15 is 0 Å². The van der Waals surface area contributed by atoms with Gasteiger partial charge in [0.25, 0.3) is 0 Å². The van der Waals surface area contributed by atoms with Gasteiger partial charge >= 0.3 is 0 Å². The van der Waals surface area contributed by atoms with E-state index in [9.17, 15) is 4.55 Å². The second-order valence-corrected chi connectivity index (χ2v) is 17.5. The summed E-state index contributed by atoms with van der Waals surface area (Å²) in [5.41, 5.74) is 6.41. The molecule has 3 atom stereocenters. The molecule has 2 aromatic carbocycles. The van der Waals surface area contributed by atoms with E-state index in [2.05, 4.69) is 121 Å². The minimum absolute atomic E-state index is 0.126. The molecule has 0 saturated heterocycles. The van der Waals surface area contributed by atoms with Gasteiger partial charge in [-0.25, -0.2) is 9.97 Å². The average molecular weight is 621 g/mol. The predicted octanol–water partition coefficient (Wildman–Crippen LogP) is 8.62. The molecule has 0 spiro atoms. The number of aromatic nitrogens is 4. The smallest absolute Gasteiger partial charge is 0.136 e. The number of nitrogens with zero attached hydrogens (tertiary/aromatic N) is 2. The third-order valence-electron chi connectivity index (χ3n) is 7.12. The molecule has 0 aliphatic carbocycles. The van der Waals surface area contributed by atoms with Crippen LogP contribution in [0.1, 0.15) is 93.0 Å². The van der Waals surface area contributed by atoms with Crippen molar-refractivity contribution in [3.05, 3.63) is 72.6 Å². The highest BCUT2D eigenvalue weighted by Gasteiger charge is 2.32. The summed E-state index contributed by atoms with van der Waals surface area (Å²) in [4.78, 5) is 16.4. The molecule has 0 aliphatic heterocycles. The van der Waals surface area contributed by atoms with E-state index in [0.29, 0.717) is 5.92 Å². The lowest BCUT2D eigenvalue weighted by Crippen LogP contribution is -2.43. The summed E-state index contributed by atoms with van der Waals surface area (Å²) in [7, 11) is 0. The van der Waals surface area contributed by atoms with Gasteiger partial charge in [0.2, 0.25) is 0 Å². The number of imidazole rings is 2. The third-order valence-corrected chi connectivity index (χ3v) is 9.69. The quantitative estimate of drug-likeness (QED) is 0.0989. The van der Waals surface area contributed by atoms with E-state index in [1.54, 1.807) is 11.9 Å². The predicted molar refractivity (Wildman–Crippen MR) is 184 cm³/mol. The third kappa shape index (κ3) is 8.76. The largest absolute Gasteiger partial charge is 0.598 e. The van der Waals surface area contributed by atoms with Crippen LogP contribution in [0.25, 0.3) is 33.6 Å². The second kappa shape index (κ2) is 13.6. The number of hydrogen-bond donors (Lipinski definition) is 4. The van der Waals surface area contributed by atoms with Crippen molar-refractivity contribution >= 4 is 23.3 Å². The van der Waals surface area contributed by atoms with Crippen molar-refractivity contribution in [3.63, 3.8) is 0 Å². The first-order chi connectivity index (χ1) is 20.1. The van der Waals surface area contributed by atoms with Gasteiger partial charge in [-0.1, -0.05) is 88.2 Å². The van der Waals surface area contributed by atoms with Crippen LogP contribution in [0.2, 0.25) is 0 Å². The molecule has 232 valence electrons. The molecule has 9 heteroatoms. The molecule has 2 heterocycles. The normalized spacial score (nSPS) is 14.8. The number of rotatable bonds is 11. The lowest BCUT2D eigenvalue weighted by atomic mass is 10.0. The maximum Gasteiger partial charge on any atom is 0.136 e. The Morgan fingerprint density at radius 3 is 1.44 bits per heavy atom. The molecule has 7 nitrogen and oxygen atoms in total. The van der Waals surface area contributed by atoms with Gasteiger partial charge in [0.15, 0.2) is 0 Å². The summed E-state index contributed by atoms with van der Waals surface area (Å²) in [6.45, 7) is 21.2. The topological polar surface area (TPSA) is 104 Å². The van der Waals surface area contributed by atoms with Crippen LogP contribution in [-0.4, -0.2) is 34.0 Å². The van der Waals surface area contributed by atoms with E-state index in [0.717, 1.165) is 45.3 Å². The van der Waals surface area contributed by atoms with Crippen LogP contribution in [0.3, 0.4) is 0 Å². The van der Waals surface area contributed by atoms with Gasteiger partial charge in [0.1, 0.15) is 22.4 Å². The van der Waals surface area contributed by atoms with Gasteiger partial charge in [0, 0.05) is 16.1 Å². The van der Waals surface area contributed by atoms with E-state index in [-0.39, 0.29) is 27.5 Å². The van der Waals surface area contributed by atoms with Crippen molar-refractivity contribution < 1.29 is 4.55 Å². The zero-order chi connectivity index (χ0) is 31.5. The minimum Gasteiger partial charge on any atom is -0.598 e. The summed E-state index contributed by atoms with van der Waals surface area (Å²) >= 11 is 0.557. The molecule has 2 aromatic heterocycles. The number of H-pyrrole nitrogens is 2. The molecule has 0 saturated carbocycles. The first kappa shape index (κ1) is 33.3. The monoisotopic (exact) mass is 620 g/mol. The van der Waals surface area contributed by atoms with Gasteiger partial charge in [-0.3, -0.25) is 4.72 Å². The highest BCUT2D eigenvalue weighted by atomic mass is 32.2. The van der Waals surface area contributed by atoms with Gasteiger partial charge < -0.3 is 14.5 Å². The first-order valence-electron chi connectivity index (χ1n) is 15.0. The Bertz CT molecular complexity index is 1450. The Morgan fingerprint density at radius 1 is 0.674 bits per heavy atom. The lowest BCUT2D eigenvalue weighted by molar-refractivity contribution is 0.438. The number of hydrogen-bond acceptors (Lipinski definition) is 6. The fourth-order valence-electron chi connectivity index (χ4n) is 4.51. The highest BCUT2D eigenvalue weighted by molar-refractivity contribution is 7.98. The van der Waals surface area contributed by atoms with Crippen molar-refractivity contribution in [1.29, 1.82) is 0 Å². The molecular formula is C34H48N6OS2. The van der Waals surface area contributed by atoms with Crippen molar-refractivity contribution in [2.24, 2.45) is 11.8 Å². The van der Waals surface area contributed by atoms with Crippen LogP contribution < -0.4 is 9.44 Å². The maximum absolute atomic E-state index is 12.8. The molecule has 3 unspecified atom stereocenters. The zero-order valence-electron chi connectivity index (χ0n) is 27.2. The molecule has 0 fully saturated rings. The highest BCUT2D eigenvalue weighted by Crippen LogP contribution is 2.31. The number of aromatic amines is 2. The van der Waals surface area contributed by atoms with Gasteiger partial charge in [-0.15, -0.1) is 4.72 Å². The Balaban J connectivity index is 1.45. The average Bonchev–Trinajstić information content (AvgIpc) is 3.61. The SMILES string of the molecule is CC(C)C(NSC(C)(C)C)c1ncc(-c2ccc(-c3ccc(-c4cnc(C(N[S+]([O-])C(C)(C)C)C(C)C)[nH]4)cc3)cc2)[nH]1. The van der Waals surface area contributed by atoms with Crippen LogP contribution in [-0.2, 0) is 11.4 Å². The zero-order valence-corrected chi connectivity index (χ0v) is 28.8. The van der Waals surface area contributed by atoms with Crippen molar-refractivity contribution in [1.82, 2.24) is 29.4 Å². The van der Waals surface area contributed by atoms with Crippen LogP contribution in [0, 0.1) is 11.8 Å². The molecular weight excluding hydrogens is 573 g/mol. The van der Waals surface area contributed by atoms with Gasteiger partial charge in [0.05, 0.1) is 29.8 Å². The lowest BCUT2D eigenvalue weighted by Gasteiger charge is -2.28. The first-order valence-corrected chi connectivity index (χ1v) is 17.0. The second-order valence-electron chi connectivity index (χ2n) is 13.8. The van der Waals surface area contributed by atoms with Crippen LogP contribution >= 0.6 is 11.9 Å². The van der Waals surface area contributed by atoms with Gasteiger partial charge in [-0.2, -0.15) is 0 Å². The van der Waals surface area contributed by atoms with Crippen LogP contribution in [0.5, 0.6) is 0 Å². The Morgan fingerprint density at radius 2 is 1.07 bits per heavy atom. The Hall–Kier alpha value is -2.56. The minimum atomic E-state index is -1.19. The van der Waals surface area contributed by atoms with Crippen molar-refractivity contribution in [3.8, 4) is 33.6 Å². The summed E-state index contributed by atoms with van der Waals surface area (Å²) < 4.78 is 19.4. The molecule has 4 rings (SSSR count). The number of benzene rings is 2. The molecule has 0 bridgehead atoms. The Kier molecular flexibility index (Phi) is 10.6. The summed E-state index contributed by atoms with van der Waals surface area (Å²) in [5.74, 6) is 2.39. The standard InChI is InChI=1S/C34H48N6OS2/c1-21(2)29(39-42-33(5,6)7)31-35-19-27(37-31)25-15-11-23(12-16-25)24-13-17-26(18-14-24)28-20-36-32(38-28)30(22(3)4)40-43(41)34(8,9)10/h11-22,29-30,39-40H,1-10H3,(H,35,37)(H,36,38). The fraction of sp³-hybridized carbons (Fsp3) is 0.471. The van der Waals surface area contributed by atoms with Crippen LogP contribution in [0.15, 0.2) is 60.9 Å². The molecule has 4 aromatic rings. The molecule has 0 aliphatic rings. The van der Waals surface area contributed by atoms with Crippen molar-refractivity contribution in [2.75, 3.05) is 0 Å².